The van der Waals surface area contributed by atoms with Gasteiger partial charge in [0.05, 0.1) is 5.02 Å². The van der Waals surface area contributed by atoms with Crippen molar-refractivity contribution in [3.63, 3.8) is 0 Å². The molecule has 1 fully saturated rings. The van der Waals surface area contributed by atoms with Gasteiger partial charge >= 0.3 is 0 Å². The number of rotatable bonds is 6. The number of likely N-dealkylation sites (tertiary alicyclic amines) is 1. The highest BCUT2D eigenvalue weighted by molar-refractivity contribution is 6.32. The van der Waals surface area contributed by atoms with Gasteiger partial charge in [0.15, 0.2) is 6.10 Å². The molecule has 130 valence electrons. The lowest BCUT2D eigenvalue weighted by atomic mass is 9.96. The third kappa shape index (κ3) is 5.87. The van der Waals surface area contributed by atoms with Gasteiger partial charge in [-0.3, -0.25) is 4.79 Å². The number of carbonyl (C=O) groups is 1. The van der Waals surface area contributed by atoms with Gasteiger partial charge in [-0.2, -0.15) is 0 Å². The van der Waals surface area contributed by atoms with Crippen LogP contribution in [0.1, 0.15) is 26.7 Å². The number of amides is 1. The highest BCUT2D eigenvalue weighted by atomic mass is 35.5. The summed E-state index contributed by atoms with van der Waals surface area (Å²) in [6, 6.07) is 7.25. The van der Waals surface area contributed by atoms with Crippen molar-refractivity contribution in [3.05, 3.63) is 29.3 Å². The number of halogens is 2. The van der Waals surface area contributed by atoms with Gasteiger partial charge in [0.2, 0.25) is 0 Å². The van der Waals surface area contributed by atoms with Crippen molar-refractivity contribution in [3.8, 4) is 5.75 Å². The van der Waals surface area contributed by atoms with Gasteiger partial charge in [-0.15, -0.1) is 12.4 Å². The number of piperidine rings is 1. The van der Waals surface area contributed by atoms with E-state index in [0.29, 0.717) is 16.7 Å². The topological polar surface area (TPSA) is 41.6 Å². The van der Waals surface area contributed by atoms with Crippen molar-refractivity contribution in [1.29, 1.82) is 0 Å². The number of nitrogens with zero attached hydrogens (tertiary/aromatic N) is 1. The van der Waals surface area contributed by atoms with E-state index in [0.717, 1.165) is 39.0 Å². The number of ether oxygens (including phenoxy) is 1. The number of hydrogen-bond acceptors (Lipinski definition) is 3. The predicted molar refractivity (Wildman–Crippen MR) is 96.6 cm³/mol. The van der Waals surface area contributed by atoms with E-state index in [-0.39, 0.29) is 18.3 Å². The Labute approximate surface area is 149 Å². The molecule has 1 aliphatic heterocycles. The van der Waals surface area contributed by atoms with Gasteiger partial charge in [-0.25, -0.2) is 0 Å². The third-order valence-corrected chi connectivity index (χ3v) is 4.41. The maximum Gasteiger partial charge on any atom is 0.263 e. The third-order valence-electron chi connectivity index (χ3n) is 4.10. The van der Waals surface area contributed by atoms with Crippen LogP contribution in [0.3, 0.4) is 0 Å². The Morgan fingerprint density at radius 2 is 2.04 bits per heavy atom. The van der Waals surface area contributed by atoms with Crippen molar-refractivity contribution in [2.24, 2.45) is 5.92 Å². The number of hydrogen-bond donors (Lipinski definition) is 1. The molecule has 1 amide bonds. The Bertz CT molecular complexity index is 491. The predicted octanol–water partition coefficient (Wildman–Crippen LogP) is 3.38. The fourth-order valence-electron chi connectivity index (χ4n) is 2.74. The number of nitrogens with one attached hydrogen (secondary N) is 1. The van der Waals surface area contributed by atoms with Crippen LogP contribution in [0.25, 0.3) is 0 Å². The molecule has 1 heterocycles. The van der Waals surface area contributed by atoms with Crippen LogP contribution < -0.4 is 10.1 Å². The normalized spacial score (nSPS) is 16.6. The molecule has 0 bridgehead atoms. The molecule has 1 unspecified atom stereocenters. The molecule has 1 aromatic carbocycles. The van der Waals surface area contributed by atoms with E-state index < -0.39 is 6.10 Å². The summed E-state index contributed by atoms with van der Waals surface area (Å²) in [7, 11) is 0. The molecule has 0 aromatic heterocycles. The SMILES string of the molecule is CCNCC1CCN(C(=O)C(C)Oc2ccccc2Cl)CC1.Cl. The molecule has 0 spiro atoms. The molecule has 1 aliphatic rings. The van der Waals surface area contributed by atoms with E-state index in [9.17, 15) is 4.79 Å². The van der Waals surface area contributed by atoms with Crippen LogP contribution in [0.2, 0.25) is 5.02 Å². The van der Waals surface area contributed by atoms with Gasteiger partial charge in [-0.05, 0) is 50.9 Å². The Morgan fingerprint density at radius 1 is 1.39 bits per heavy atom. The lowest BCUT2D eigenvalue weighted by molar-refractivity contribution is -0.139. The Balaban J connectivity index is 0.00000264. The summed E-state index contributed by atoms with van der Waals surface area (Å²) in [6.45, 7) is 7.57. The van der Waals surface area contributed by atoms with Crippen LogP contribution in [-0.2, 0) is 4.79 Å². The van der Waals surface area contributed by atoms with Gasteiger partial charge < -0.3 is 15.0 Å². The van der Waals surface area contributed by atoms with Gasteiger partial charge in [0, 0.05) is 13.1 Å². The fraction of sp³-hybridized carbons (Fsp3) is 0.588. The van der Waals surface area contributed by atoms with E-state index in [1.54, 1.807) is 19.1 Å². The Morgan fingerprint density at radius 3 is 2.65 bits per heavy atom. The molecular weight excluding hydrogens is 335 g/mol. The van der Waals surface area contributed by atoms with Crippen LogP contribution in [0, 0.1) is 5.92 Å². The quantitative estimate of drug-likeness (QED) is 0.845. The molecule has 1 aromatic rings. The van der Waals surface area contributed by atoms with Crippen LogP contribution in [-0.4, -0.2) is 43.1 Å². The first-order chi connectivity index (χ1) is 10.6. The smallest absolute Gasteiger partial charge is 0.263 e. The number of para-hydroxylation sites is 1. The molecule has 23 heavy (non-hydrogen) atoms. The lowest BCUT2D eigenvalue weighted by Crippen LogP contribution is -2.45. The average Bonchev–Trinajstić information content (AvgIpc) is 2.55. The summed E-state index contributed by atoms with van der Waals surface area (Å²) < 4.78 is 5.72. The van der Waals surface area contributed by atoms with E-state index in [4.69, 9.17) is 16.3 Å². The van der Waals surface area contributed by atoms with Crippen LogP contribution in [0.15, 0.2) is 24.3 Å². The lowest BCUT2D eigenvalue weighted by Gasteiger charge is -2.33. The summed E-state index contributed by atoms with van der Waals surface area (Å²) in [4.78, 5) is 14.4. The van der Waals surface area contributed by atoms with Crippen LogP contribution in [0.4, 0.5) is 0 Å². The molecule has 1 atom stereocenters. The minimum atomic E-state index is -0.509. The first-order valence-electron chi connectivity index (χ1n) is 8.02. The van der Waals surface area contributed by atoms with Crippen LogP contribution in [0.5, 0.6) is 5.75 Å². The molecule has 4 nitrogen and oxygen atoms in total. The minimum absolute atomic E-state index is 0. The van der Waals surface area contributed by atoms with E-state index in [1.165, 1.54) is 0 Å². The molecular formula is C17H26Cl2N2O2. The maximum absolute atomic E-state index is 12.5. The van der Waals surface area contributed by atoms with Gasteiger partial charge in [-0.1, -0.05) is 30.7 Å². The summed E-state index contributed by atoms with van der Waals surface area (Å²) >= 11 is 6.07. The molecule has 0 radical (unpaired) electrons. The van der Waals surface area contributed by atoms with Crippen LogP contribution >= 0.6 is 24.0 Å². The summed E-state index contributed by atoms with van der Waals surface area (Å²) in [5, 5.41) is 3.91. The zero-order valence-electron chi connectivity index (χ0n) is 13.8. The van der Waals surface area contributed by atoms with E-state index in [1.807, 2.05) is 17.0 Å². The number of benzene rings is 1. The molecule has 0 aliphatic carbocycles. The maximum atomic E-state index is 12.5. The van der Waals surface area contributed by atoms with E-state index in [2.05, 4.69) is 12.2 Å². The van der Waals surface area contributed by atoms with Crippen molar-refractivity contribution in [1.82, 2.24) is 10.2 Å². The summed E-state index contributed by atoms with van der Waals surface area (Å²) in [5.74, 6) is 1.28. The minimum Gasteiger partial charge on any atom is -0.479 e. The average molecular weight is 361 g/mol. The second kappa shape index (κ2) is 10.0. The summed E-state index contributed by atoms with van der Waals surface area (Å²) in [5.41, 5.74) is 0. The van der Waals surface area contributed by atoms with Gasteiger partial charge in [0.25, 0.3) is 5.91 Å². The zero-order valence-corrected chi connectivity index (χ0v) is 15.3. The number of carbonyl (C=O) groups excluding carboxylic acids is 1. The van der Waals surface area contributed by atoms with Crippen molar-refractivity contribution in [2.45, 2.75) is 32.8 Å². The fourth-order valence-corrected chi connectivity index (χ4v) is 2.92. The largest absolute Gasteiger partial charge is 0.479 e. The van der Waals surface area contributed by atoms with Crippen molar-refractivity contribution < 1.29 is 9.53 Å². The van der Waals surface area contributed by atoms with Crippen molar-refractivity contribution in [2.75, 3.05) is 26.2 Å². The molecule has 1 N–H and O–H groups in total. The zero-order chi connectivity index (χ0) is 15.9. The highest BCUT2D eigenvalue weighted by Crippen LogP contribution is 2.25. The molecule has 2 rings (SSSR count). The van der Waals surface area contributed by atoms with Crippen molar-refractivity contribution >= 4 is 29.9 Å². The van der Waals surface area contributed by atoms with Gasteiger partial charge in [0.1, 0.15) is 5.75 Å². The monoisotopic (exact) mass is 360 g/mol. The Hall–Kier alpha value is -0.970. The second-order valence-electron chi connectivity index (χ2n) is 5.77. The first-order valence-corrected chi connectivity index (χ1v) is 8.40. The first kappa shape index (κ1) is 20.1. The molecule has 0 saturated carbocycles. The van der Waals surface area contributed by atoms with E-state index >= 15 is 0 Å². The molecule has 1 saturated heterocycles. The second-order valence-corrected chi connectivity index (χ2v) is 6.17. The Kier molecular flexibility index (Phi) is 8.74. The summed E-state index contributed by atoms with van der Waals surface area (Å²) in [6.07, 6.45) is 1.60. The molecule has 6 heteroatoms. The highest BCUT2D eigenvalue weighted by Gasteiger charge is 2.27. The standard InChI is InChI=1S/C17H25ClN2O2.ClH/c1-3-19-12-14-8-10-20(11-9-14)17(21)13(2)22-16-7-5-4-6-15(16)18;/h4-7,13-14,19H,3,8-12H2,1-2H3;1H.